The Morgan fingerprint density at radius 2 is 2.10 bits per heavy atom. The number of nitrogens with zero attached hydrogens (tertiary/aromatic N) is 1. The van der Waals surface area contributed by atoms with Crippen LogP contribution in [0.5, 0.6) is 0 Å². The lowest BCUT2D eigenvalue weighted by atomic mass is 10.0. The largest absolute Gasteiger partial charge is 0.313 e. The summed E-state index contributed by atoms with van der Waals surface area (Å²) in [5, 5.41) is 5.81. The number of hydrogen-bond donors (Lipinski definition) is 1. The molecule has 3 heteroatoms. The van der Waals surface area contributed by atoms with Crippen LogP contribution >= 0.6 is 11.3 Å². The van der Waals surface area contributed by atoms with Crippen LogP contribution in [0.1, 0.15) is 28.5 Å². The van der Waals surface area contributed by atoms with Gasteiger partial charge in [0.2, 0.25) is 0 Å². The second-order valence-electron chi connectivity index (χ2n) is 5.70. The zero-order valence-corrected chi connectivity index (χ0v) is 13.6. The van der Waals surface area contributed by atoms with Crippen molar-refractivity contribution in [1.82, 2.24) is 10.2 Å². The SMILES string of the molecule is CCNCc1csc2c1CCN(CCc1ccccc1)C2. The molecule has 21 heavy (non-hydrogen) atoms. The molecule has 0 atom stereocenters. The average Bonchev–Trinajstić information content (AvgIpc) is 2.94. The summed E-state index contributed by atoms with van der Waals surface area (Å²) in [5.41, 5.74) is 4.60. The van der Waals surface area contributed by atoms with E-state index < -0.39 is 0 Å². The number of nitrogens with one attached hydrogen (secondary N) is 1. The van der Waals surface area contributed by atoms with E-state index in [2.05, 4.69) is 52.9 Å². The first kappa shape index (κ1) is 14.8. The summed E-state index contributed by atoms with van der Waals surface area (Å²) >= 11 is 1.95. The summed E-state index contributed by atoms with van der Waals surface area (Å²) < 4.78 is 0. The number of rotatable bonds is 6. The van der Waals surface area contributed by atoms with Gasteiger partial charge in [-0.15, -0.1) is 11.3 Å². The average molecular weight is 300 g/mol. The van der Waals surface area contributed by atoms with E-state index in [0.29, 0.717) is 0 Å². The van der Waals surface area contributed by atoms with Crippen LogP contribution in [0.2, 0.25) is 0 Å². The van der Waals surface area contributed by atoms with E-state index in [4.69, 9.17) is 0 Å². The Hall–Kier alpha value is -1.16. The van der Waals surface area contributed by atoms with Crippen LogP contribution in [0.25, 0.3) is 0 Å². The summed E-state index contributed by atoms with van der Waals surface area (Å²) in [7, 11) is 0. The molecule has 2 heterocycles. The smallest absolute Gasteiger partial charge is 0.0331 e. The van der Waals surface area contributed by atoms with Gasteiger partial charge < -0.3 is 5.32 Å². The van der Waals surface area contributed by atoms with E-state index in [1.807, 2.05) is 11.3 Å². The highest BCUT2D eigenvalue weighted by Crippen LogP contribution is 2.28. The molecule has 1 aliphatic heterocycles. The third kappa shape index (κ3) is 3.73. The molecule has 1 aromatic heterocycles. The fourth-order valence-electron chi connectivity index (χ4n) is 2.98. The molecule has 0 spiro atoms. The minimum Gasteiger partial charge on any atom is -0.313 e. The summed E-state index contributed by atoms with van der Waals surface area (Å²) in [4.78, 5) is 4.19. The van der Waals surface area contributed by atoms with Gasteiger partial charge in [0.25, 0.3) is 0 Å². The zero-order chi connectivity index (χ0) is 14.5. The maximum Gasteiger partial charge on any atom is 0.0331 e. The number of hydrogen-bond acceptors (Lipinski definition) is 3. The summed E-state index contributed by atoms with van der Waals surface area (Å²) in [6.45, 7) is 7.77. The first-order valence-corrected chi connectivity index (χ1v) is 8.80. The van der Waals surface area contributed by atoms with Crippen molar-refractivity contribution in [3.05, 3.63) is 57.3 Å². The van der Waals surface area contributed by atoms with E-state index in [-0.39, 0.29) is 0 Å². The van der Waals surface area contributed by atoms with Crippen LogP contribution in [0.3, 0.4) is 0 Å². The van der Waals surface area contributed by atoms with Crippen molar-refractivity contribution in [2.45, 2.75) is 32.9 Å². The first-order valence-electron chi connectivity index (χ1n) is 7.92. The topological polar surface area (TPSA) is 15.3 Å². The monoisotopic (exact) mass is 300 g/mol. The van der Waals surface area contributed by atoms with Gasteiger partial charge in [-0.05, 0) is 41.5 Å². The van der Waals surface area contributed by atoms with Gasteiger partial charge in [-0.2, -0.15) is 0 Å². The predicted octanol–water partition coefficient (Wildman–Crippen LogP) is 3.46. The van der Waals surface area contributed by atoms with Crippen molar-refractivity contribution in [3.63, 3.8) is 0 Å². The molecule has 0 fully saturated rings. The second-order valence-corrected chi connectivity index (χ2v) is 6.67. The van der Waals surface area contributed by atoms with Crippen LogP contribution in [0.4, 0.5) is 0 Å². The van der Waals surface area contributed by atoms with Gasteiger partial charge in [0.15, 0.2) is 0 Å². The highest BCUT2D eigenvalue weighted by molar-refractivity contribution is 7.10. The molecule has 1 N–H and O–H groups in total. The van der Waals surface area contributed by atoms with Crippen molar-refractivity contribution in [1.29, 1.82) is 0 Å². The maximum atomic E-state index is 3.45. The normalized spacial score (nSPS) is 15.1. The van der Waals surface area contributed by atoms with E-state index in [1.165, 1.54) is 30.6 Å². The second kappa shape index (κ2) is 7.21. The van der Waals surface area contributed by atoms with Gasteiger partial charge >= 0.3 is 0 Å². The first-order chi connectivity index (χ1) is 10.4. The highest BCUT2D eigenvalue weighted by atomic mass is 32.1. The molecule has 0 bridgehead atoms. The van der Waals surface area contributed by atoms with Crippen LogP contribution in [0.15, 0.2) is 35.7 Å². The van der Waals surface area contributed by atoms with Crippen LogP contribution < -0.4 is 5.32 Å². The Balaban J connectivity index is 1.56. The van der Waals surface area contributed by atoms with Crippen molar-refractivity contribution in [3.8, 4) is 0 Å². The molecule has 0 saturated heterocycles. The molecule has 2 aromatic rings. The Labute approximate surface area is 131 Å². The molecule has 3 rings (SSSR count). The zero-order valence-electron chi connectivity index (χ0n) is 12.8. The summed E-state index contributed by atoms with van der Waals surface area (Å²) in [5.74, 6) is 0. The minimum absolute atomic E-state index is 1.03. The van der Waals surface area contributed by atoms with Crippen molar-refractivity contribution in [2.75, 3.05) is 19.6 Å². The van der Waals surface area contributed by atoms with Crippen LogP contribution in [-0.2, 0) is 25.9 Å². The van der Waals surface area contributed by atoms with Crippen molar-refractivity contribution >= 4 is 11.3 Å². The fourth-order valence-corrected chi connectivity index (χ4v) is 4.12. The fraction of sp³-hybridized carbons (Fsp3) is 0.444. The third-order valence-electron chi connectivity index (χ3n) is 4.24. The van der Waals surface area contributed by atoms with Crippen molar-refractivity contribution in [2.24, 2.45) is 0 Å². The van der Waals surface area contributed by atoms with Crippen LogP contribution in [0, 0.1) is 0 Å². The molecule has 0 amide bonds. The molecular weight excluding hydrogens is 276 g/mol. The van der Waals surface area contributed by atoms with Gasteiger partial charge in [0.1, 0.15) is 0 Å². The Bertz CT molecular complexity index is 562. The van der Waals surface area contributed by atoms with E-state index >= 15 is 0 Å². The van der Waals surface area contributed by atoms with Gasteiger partial charge in [-0.3, -0.25) is 4.90 Å². The van der Waals surface area contributed by atoms with Gasteiger partial charge in [-0.1, -0.05) is 37.3 Å². The molecule has 112 valence electrons. The molecule has 1 aromatic carbocycles. The minimum atomic E-state index is 1.03. The Kier molecular flexibility index (Phi) is 5.07. The van der Waals surface area contributed by atoms with Crippen LogP contribution in [-0.4, -0.2) is 24.5 Å². The lowest BCUT2D eigenvalue weighted by Gasteiger charge is -2.27. The van der Waals surface area contributed by atoms with Gasteiger partial charge in [0, 0.05) is 31.1 Å². The molecule has 0 unspecified atom stereocenters. The number of thiophene rings is 1. The van der Waals surface area contributed by atoms with E-state index in [1.54, 1.807) is 10.4 Å². The number of benzene rings is 1. The van der Waals surface area contributed by atoms with Crippen molar-refractivity contribution < 1.29 is 0 Å². The lowest BCUT2D eigenvalue weighted by molar-refractivity contribution is 0.260. The van der Waals surface area contributed by atoms with E-state index in [9.17, 15) is 0 Å². The molecule has 0 radical (unpaired) electrons. The van der Waals surface area contributed by atoms with Gasteiger partial charge in [0.05, 0.1) is 0 Å². The van der Waals surface area contributed by atoms with Gasteiger partial charge in [-0.25, -0.2) is 0 Å². The molecule has 1 aliphatic rings. The molecule has 0 saturated carbocycles. The molecule has 2 nitrogen and oxygen atoms in total. The Morgan fingerprint density at radius 3 is 2.90 bits per heavy atom. The summed E-state index contributed by atoms with van der Waals surface area (Å²) in [6, 6.07) is 10.8. The van der Waals surface area contributed by atoms with E-state index in [0.717, 1.165) is 26.1 Å². The lowest BCUT2D eigenvalue weighted by Crippen LogP contribution is -2.32. The third-order valence-corrected chi connectivity index (χ3v) is 5.30. The number of fused-ring (bicyclic) bond motifs is 1. The summed E-state index contributed by atoms with van der Waals surface area (Å²) in [6.07, 6.45) is 2.38. The highest BCUT2D eigenvalue weighted by Gasteiger charge is 2.20. The maximum absolute atomic E-state index is 3.45. The molecule has 0 aliphatic carbocycles. The predicted molar refractivity (Wildman–Crippen MR) is 90.8 cm³/mol. The molecular formula is C18H24N2S. The quantitative estimate of drug-likeness (QED) is 0.879. The Morgan fingerprint density at radius 1 is 1.24 bits per heavy atom. The standard InChI is InChI=1S/C18H24N2S/c1-2-19-12-16-14-21-18-13-20(11-9-17(16)18)10-8-15-6-4-3-5-7-15/h3-7,14,19H,2,8-13H2,1H3.